The van der Waals surface area contributed by atoms with E-state index in [0.717, 1.165) is 25.7 Å². The van der Waals surface area contributed by atoms with Crippen molar-refractivity contribution >= 4 is 0 Å². The van der Waals surface area contributed by atoms with Crippen LogP contribution < -0.4 is 0 Å². The van der Waals surface area contributed by atoms with Gasteiger partial charge in [-0.05, 0) is 31.6 Å². The molecule has 1 rings (SSSR count). The van der Waals surface area contributed by atoms with Crippen LogP contribution in [0, 0.1) is 5.92 Å². The third-order valence-corrected chi connectivity index (χ3v) is 2.07. The zero-order chi connectivity index (χ0) is 6.69. The number of aliphatic hydroxyl groups excluding tert-OH is 1. The molecule has 0 radical (unpaired) electrons. The summed E-state index contributed by atoms with van der Waals surface area (Å²) in [6, 6.07) is 0. The third kappa shape index (κ3) is 1.83. The standard InChI is InChI=1S/C8H14O/c1-2-7-3-5-8(9)6-4-7/h2,7-9H,1,3-6H2/t7-,8-. The molecule has 9 heavy (non-hydrogen) atoms. The van der Waals surface area contributed by atoms with E-state index in [1.54, 1.807) is 0 Å². The molecule has 0 heterocycles. The highest BCUT2D eigenvalue weighted by Crippen LogP contribution is 2.24. The van der Waals surface area contributed by atoms with Crippen molar-refractivity contribution in [2.45, 2.75) is 31.8 Å². The van der Waals surface area contributed by atoms with Gasteiger partial charge < -0.3 is 5.11 Å². The molecular formula is C8H14O. The summed E-state index contributed by atoms with van der Waals surface area (Å²) < 4.78 is 0. The minimum absolute atomic E-state index is 0.0267. The summed E-state index contributed by atoms with van der Waals surface area (Å²) in [4.78, 5) is 0. The topological polar surface area (TPSA) is 20.2 Å². The number of aliphatic hydroxyl groups is 1. The van der Waals surface area contributed by atoms with Crippen LogP contribution in [0.1, 0.15) is 25.7 Å². The molecule has 0 aromatic heterocycles. The van der Waals surface area contributed by atoms with Crippen LogP contribution in [0.4, 0.5) is 0 Å². The zero-order valence-corrected chi connectivity index (χ0v) is 5.71. The van der Waals surface area contributed by atoms with Gasteiger partial charge in [0.05, 0.1) is 6.10 Å². The predicted molar refractivity (Wildman–Crippen MR) is 38.2 cm³/mol. The number of allylic oxidation sites excluding steroid dienone is 1. The molecule has 1 N–H and O–H groups in total. The Kier molecular flexibility index (Phi) is 2.29. The van der Waals surface area contributed by atoms with Gasteiger partial charge in [0.25, 0.3) is 0 Å². The van der Waals surface area contributed by atoms with E-state index in [2.05, 4.69) is 6.58 Å². The smallest absolute Gasteiger partial charge is 0.0540 e. The Morgan fingerprint density at radius 3 is 2.22 bits per heavy atom. The average Bonchev–Trinajstić information content (AvgIpc) is 1.90. The molecule has 1 aliphatic carbocycles. The van der Waals surface area contributed by atoms with E-state index in [-0.39, 0.29) is 6.10 Å². The number of hydrogen-bond donors (Lipinski definition) is 1. The Labute approximate surface area is 56.4 Å². The van der Waals surface area contributed by atoms with E-state index in [0.29, 0.717) is 5.92 Å². The molecule has 0 aromatic carbocycles. The molecular weight excluding hydrogens is 112 g/mol. The number of hydrogen-bond acceptors (Lipinski definition) is 1. The highest BCUT2D eigenvalue weighted by Gasteiger charge is 2.15. The maximum Gasteiger partial charge on any atom is 0.0540 e. The summed E-state index contributed by atoms with van der Waals surface area (Å²) in [5.41, 5.74) is 0. The summed E-state index contributed by atoms with van der Waals surface area (Å²) in [7, 11) is 0. The molecule has 0 aliphatic heterocycles. The SMILES string of the molecule is C=C[C@H]1CC[C@H](O)CC1. The maximum absolute atomic E-state index is 9.09. The maximum atomic E-state index is 9.09. The first-order valence-corrected chi connectivity index (χ1v) is 3.63. The van der Waals surface area contributed by atoms with Crippen LogP contribution in [0.5, 0.6) is 0 Å². The third-order valence-electron chi connectivity index (χ3n) is 2.07. The van der Waals surface area contributed by atoms with Crippen molar-refractivity contribution in [3.63, 3.8) is 0 Å². The highest BCUT2D eigenvalue weighted by molar-refractivity contribution is 4.83. The summed E-state index contributed by atoms with van der Waals surface area (Å²) in [6.45, 7) is 3.73. The van der Waals surface area contributed by atoms with Crippen LogP contribution in [0.2, 0.25) is 0 Å². The normalized spacial score (nSPS) is 36.1. The van der Waals surface area contributed by atoms with Crippen LogP contribution in [0.25, 0.3) is 0 Å². The first kappa shape index (κ1) is 6.81. The van der Waals surface area contributed by atoms with Crippen LogP contribution in [-0.2, 0) is 0 Å². The van der Waals surface area contributed by atoms with Crippen LogP contribution in [0.3, 0.4) is 0 Å². The quantitative estimate of drug-likeness (QED) is 0.530. The molecule has 52 valence electrons. The Morgan fingerprint density at radius 1 is 1.22 bits per heavy atom. The van der Waals surface area contributed by atoms with Gasteiger partial charge >= 0.3 is 0 Å². The fraction of sp³-hybridized carbons (Fsp3) is 0.750. The van der Waals surface area contributed by atoms with E-state index >= 15 is 0 Å². The zero-order valence-electron chi connectivity index (χ0n) is 5.71. The summed E-state index contributed by atoms with van der Waals surface area (Å²) >= 11 is 0. The van der Waals surface area contributed by atoms with E-state index in [9.17, 15) is 0 Å². The lowest BCUT2D eigenvalue weighted by molar-refractivity contribution is 0.118. The molecule has 0 bridgehead atoms. The van der Waals surface area contributed by atoms with Crippen molar-refractivity contribution < 1.29 is 5.11 Å². The van der Waals surface area contributed by atoms with Crippen LogP contribution in [-0.4, -0.2) is 11.2 Å². The Morgan fingerprint density at radius 2 is 1.78 bits per heavy atom. The molecule has 0 atom stereocenters. The second kappa shape index (κ2) is 3.02. The lowest BCUT2D eigenvalue weighted by Gasteiger charge is -2.22. The van der Waals surface area contributed by atoms with E-state index in [1.165, 1.54) is 0 Å². The summed E-state index contributed by atoms with van der Waals surface area (Å²) in [6.07, 6.45) is 6.18. The lowest BCUT2D eigenvalue weighted by atomic mass is 9.88. The molecule has 1 aliphatic rings. The molecule has 0 saturated heterocycles. The minimum Gasteiger partial charge on any atom is -0.393 e. The molecule has 0 spiro atoms. The second-order valence-corrected chi connectivity index (χ2v) is 2.80. The summed E-state index contributed by atoms with van der Waals surface area (Å²) in [5, 5.41) is 9.09. The van der Waals surface area contributed by atoms with E-state index in [1.807, 2.05) is 6.08 Å². The van der Waals surface area contributed by atoms with Crippen molar-refractivity contribution in [2.24, 2.45) is 5.92 Å². The van der Waals surface area contributed by atoms with Crippen molar-refractivity contribution in [1.82, 2.24) is 0 Å². The Hall–Kier alpha value is -0.300. The van der Waals surface area contributed by atoms with Crippen LogP contribution >= 0.6 is 0 Å². The van der Waals surface area contributed by atoms with Gasteiger partial charge in [0.15, 0.2) is 0 Å². The fourth-order valence-electron chi connectivity index (χ4n) is 1.34. The molecule has 1 saturated carbocycles. The van der Waals surface area contributed by atoms with Crippen molar-refractivity contribution in [3.05, 3.63) is 12.7 Å². The minimum atomic E-state index is -0.0267. The van der Waals surface area contributed by atoms with E-state index in [4.69, 9.17) is 5.11 Å². The van der Waals surface area contributed by atoms with Gasteiger partial charge in [0.1, 0.15) is 0 Å². The number of rotatable bonds is 1. The van der Waals surface area contributed by atoms with Gasteiger partial charge in [0.2, 0.25) is 0 Å². The molecule has 1 heteroatoms. The molecule has 0 unspecified atom stereocenters. The first-order valence-electron chi connectivity index (χ1n) is 3.63. The van der Waals surface area contributed by atoms with Gasteiger partial charge in [-0.15, -0.1) is 6.58 Å². The van der Waals surface area contributed by atoms with Gasteiger partial charge in [-0.3, -0.25) is 0 Å². The predicted octanol–water partition coefficient (Wildman–Crippen LogP) is 1.72. The highest BCUT2D eigenvalue weighted by atomic mass is 16.3. The Bertz CT molecular complexity index is 90.7. The first-order chi connectivity index (χ1) is 4.33. The monoisotopic (exact) mass is 126 g/mol. The van der Waals surface area contributed by atoms with Gasteiger partial charge in [0, 0.05) is 0 Å². The lowest BCUT2D eigenvalue weighted by Crippen LogP contribution is -2.16. The molecule has 1 nitrogen and oxygen atoms in total. The van der Waals surface area contributed by atoms with E-state index < -0.39 is 0 Å². The average molecular weight is 126 g/mol. The molecule has 1 fully saturated rings. The van der Waals surface area contributed by atoms with Crippen molar-refractivity contribution in [3.8, 4) is 0 Å². The van der Waals surface area contributed by atoms with Crippen molar-refractivity contribution in [1.29, 1.82) is 0 Å². The van der Waals surface area contributed by atoms with Crippen LogP contribution in [0.15, 0.2) is 12.7 Å². The second-order valence-electron chi connectivity index (χ2n) is 2.80. The molecule has 0 amide bonds. The van der Waals surface area contributed by atoms with Gasteiger partial charge in [-0.1, -0.05) is 6.08 Å². The Balaban J connectivity index is 2.26. The largest absolute Gasteiger partial charge is 0.393 e. The molecule has 0 aromatic rings. The van der Waals surface area contributed by atoms with Crippen molar-refractivity contribution in [2.75, 3.05) is 0 Å². The summed E-state index contributed by atoms with van der Waals surface area (Å²) in [5.74, 6) is 0.674. The fourth-order valence-corrected chi connectivity index (χ4v) is 1.34. The van der Waals surface area contributed by atoms with Gasteiger partial charge in [-0.25, -0.2) is 0 Å². The van der Waals surface area contributed by atoms with Gasteiger partial charge in [-0.2, -0.15) is 0 Å².